The number of benzene rings is 1. The van der Waals surface area contributed by atoms with E-state index in [1.165, 1.54) is 19.1 Å². The molecule has 1 unspecified atom stereocenters. The Morgan fingerprint density at radius 3 is 2.09 bits per heavy atom. The van der Waals surface area contributed by atoms with Crippen molar-refractivity contribution in [3.8, 4) is 0 Å². The lowest BCUT2D eigenvalue weighted by Crippen LogP contribution is -2.52. The topological polar surface area (TPSA) is 58.2 Å². The number of amides is 2. The smallest absolute Gasteiger partial charge is 0.349 e. The second-order valence-electron chi connectivity index (χ2n) is 6.17. The second-order valence-corrected chi connectivity index (χ2v) is 6.17. The van der Waals surface area contributed by atoms with Gasteiger partial charge in [-0.2, -0.15) is 13.2 Å². The number of carbonyl (C=O) groups excluding carboxylic acids is 2. The van der Waals surface area contributed by atoms with Crippen LogP contribution in [0.1, 0.15) is 38.8 Å². The molecule has 0 spiro atoms. The number of halogens is 3. The zero-order chi connectivity index (χ0) is 17.8. The highest BCUT2D eigenvalue weighted by atomic mass is 19.4. The lowest BCUT2D eigenvalue weighted by atomic mass is 9.94. The molecule has 4 nitrogen and oxygen atoms in total. The van der Waals surface area contributed by atoms with Crippen LogP contribution in [0.2, 0.25) is 0 Å². The van der Waals surface area contributed by atoms with Crippen molar-refractivity contribution in [3.05, 3.63) is 35.4 Å². The van der Waals surface area contributed by atoms with Crippen molar-refractivity contribution in [2.75, 3.05) is 0 Å². The molecule has 0 aliphatic carbocycles. The SMILES string of the molecule is CC(=O)NC(C)C(=O)NC(C)(C)Cc1ccc(C(F)(F)F)cc1. The van der Waals surface area contributed by atoms with E-state index in [1.54, 1.807) is 20.8 Å². The Balaban J connectivity index is 2.71. The Bertz CT molecular complexity index is 566. The van der Waals surface area contributed by atoms with Gasteiger partial charge >= 0.3 is 6.18 Å². The predicted molar refractivity (Wildman–Crippen MR) is 80.6 cm³/mol. The average molecular weight is 330 g/mol. The number of carbonyl (C=O) groups is 2. The summed E-state index contributed by atoms with van der Waals surface area (Å²) in [5.41, 5.74) is -0.693. The number of alkyl halides is 3. The van der Waals surface area contributed by atoms with E-state index < -0.39 is 23.3 Å². The summed E-state index contributed by atoms with van der Waals surface area (Å²) in [5.74, 6) is -0.662. The molecule has 0 aliphatic heterocycles. The molecule has 23 heavy (non-hydrogen) atoms. The van der Waals surface area contributed by atoms with E-state index in [-0.39, 0.29) is 11.8 Å². The first-order valence-corrected chi connectivity index (χ1v) is 7.16. The normalized spacial score (nSPS) is 13.3. The first kappa shape index (κ1) is 19.0. The zero-order valence-electron chi connectivity index (χ0n) is 13.5. The van der Waals surface area contributed by atoms with Crippen LogP contribution < -0.4 is 10.6 Å². The summed E-state index contributed by atoms with van der Waals surface area (Å²) in [7, 11) is 0. The van der Waals surface area contributed by atoms with Crippen LogP contribution in [0.4, 0.5) is 13.2 Å². The molecular weight excluding hydrogens is 309 g/mol. The second kappa shape index (κ2) is 7.02. The summed E-state index contributed by atoms with van der Waals surface area (Å²) in [5, 5.41) is 5.26. The minimum Gasteiger partial charge on any atom is -0.349 e. The molecule has 128 valence electrons. The molecular formula is C16H21F3N2O2. The van der Waals surface area contributed by atoms with Gasteiger partial charge in [0.25, 0.3) is 0 Å². The number of nitrogens with one attached hydrogen (secondary N) is 2. The molecule has 1 aromatic carbocycles. The Kier molecular flexibility index (Phi) is 5.80. The summed E-state index contributed by atoms with van der Waals surface area (Å²) in [6.07, 6.45) is -4.00. The monoisotopic (exact) mass is 330 g/mol. The van der Waals surface area contributed by atoms with E-state index in [4.69, 9.17) is 0 Å². The highest BCUT2D eigenvalue weighted by Gasteiger charge is 2.30. The maximum atomic E-state index is 12.5. The largest absolute Gasteiger partial charge is 0.416 e. The van der Waals surface area contributed by atoms with Crippen LogP contribution in [0.3, 0.4) is 0 Å². The van der Waals surface area contributed by atoms with Gasteiger partial charge in [-0.25, -0.2) is 0 Å². The summed E-state index contributed by atoms with van der Waals surface area (Å²) in [4.78, 5) is 22.9. The Morgan fingerprint density at radius 1 is 1.13 bits per heavy atom. The van der Waals surface area contributed by atoms with Gasteiger partial charge in [0.05, 0.1) is 5.56 Å². The molecule has 0 saturated carbocycles. The molecule has 1 rings (SSSR count). The van der Waals surface area contributed by atoms with Gasteiger partial charge in [0.2, 0.25) is 11.8 Å². The molecule has 2 amide bonds. The van der Waals surface area contributed by atoms with Crippen LogP contribution >= 0.6 is 0 Å². The molecule has 0 bridgehead atoms. The highest BCUT2D eigenvalue weighted by molar-refractivity contribution is 5.86. The van der Waals surface area contributed by atoms with E-state index in [0.29, 0.717) is 12.0 Å². The van der Waals surface area contributed by atoms with Crippen molar-refractivity contribution < 1.29 is 22.8 Å². The van der Waals surface area contributed by atoms with Gasteiger partial charge in [-0.05, 0) is 44.9 Å². The van der Waals surface area contributed by atoms with Gasteiger partial charge < -0.3 is 10.6 Å². The zero-order valence-corrected chi connectivity index (χ0v) is 13.5. The van der Waals surface area contributed by atoms with E-state index in [2.05, 4.69) is 10.6 Å². The molecule has 7 heteroatoms. The lowest BCUT2D eigenvalue weighted by molar-refractivity contribution is -0.137. The molecule has 0 aliphatic rings. The van der Waals surface area contributed by atoms with Crippen molar-refractivity contribution in [1.29, 1.82) is 0 Å². The predicted octanol–water partition coefficient (Wildman–Crippen LogP) is 2.67. The van der Waals surface area contributed by atoms with E-state index in [0.717, 1.165) is 12.1 Å². The van der Waals surface area contributed by atoms with Gasteiger partial charge in [-0.3, -0.25) is 9.59 Å². The van der Waals surface area contributed by atoms with Gasteiger partial charge in [-0.15, -0.1) is 0 Å². The van der Waals surface area contributed by atoms with Crippen LogP contribution in [-0.4, -0.2) is 23.4 Å². The van der Waals surface area contributed by atoms with Crippen molar-refractivity contribution >= 4 is 11.8 Å². The quantitative estimate of drug-likeness (QED) is 0.872. The fraction of sp³-hybridized carbons (Fsp3) is 0.500. The fourth-order valence-electron chi connectivity index (χ4n) is 2.18. The number of rotatable bonds is 5. The Morgan fingerprint density at radius 2 is 1.65 bits per heavy atom. The summed E-state index contributed by atoms with van der Waals surface area (Å²) in [6.45, 7) is 6.41. The molecule has 2 N–H and O–H groups in total. The number of hydrogen-bond donors (Lipinski definition) is 2. The van der Waals surface area contributed by atoms with Crippen molar-refractivity contribution in [1.82, 2.24) is 10.6 Å². The molecule has 1 aromatic rings. The minimum absolute atomic E-state index is 0.312. The Hall–Kier alpha value is -2.05. The van der Waals surface area contributed by atoms with Crippen molar-refractivity contribution in [3.63, 3.8) is 0 Å². The maximum absolute atomic E-state index is 12.5. The van der Waals surface area contributed by atoms with E-state index in [1.807, 2.05) is 0 Å². The third kappa shape index (κ3) is 6.30. The van der Waals surface area contributed by atoms with Crippen LogP contribution in [0.25, 0.3) is 0 Å². The van der Waals surface area contributed by atoms with Gasteiger partial charge in [0.15, 0.2) is 0 Å². The molecule has 0 saturated heterocycles. The van der Waals surface area contributed by atoms with Crippen molar-refractivity contribution in [2.45, 2.75) is 51.9 Å². The third-order valence-corrected chi connectivity index (χ3v) is 3.20. The minimum atomic E-state index is -4.37. The summed E-state index contributed by atoms with van der Waals surface area (Å²) < 4.78 is 37.6. The molecule has 1 atom stereocenters. The molecule has 0 heterocycles. The van der Waals surface area contributed by atoms with Gasteiger partial charge in [0.1, 0.15) is 6.04 Å². The first-order chi connectivity index (χ1) is 10.4. The Labute approximate surface area is 133 Å². The summed E-state index contributed by atoms with van der Waals surface area (Å²) in [6, 6.07) is 4.15. The van der Waals surface area contributed by atoms with E-state index >= 15 is 0 Å². The van der Waals surface area contributed by atoms with Gasteiger partial charge in [-0.1, -0.05) is 12.1 Å². The van der Waals surface area contributed by atoms with Crippen LogP contribution in [0.15, 0.2) is 24.3 Å². The van der Waals surface area contributed by atoms with Crippen LogP contribution in [0, 0.1) is 0 Å². The third-order valence-electron chi connectivity index (χ3n) is 3.20. The number of hydrogen-bond acceptors (Lipinski definition) is 2. The maximum Gasteiger partial charge on any atom is 0.416 e. The summed E-state index contributed by atoms with van der Waals surface area (Å²) >= 11 is 0. The average Bonchev–Trinajstić information content (AvgIpc) is 2.36. The first-order valence-electron chi connectivity index (χ1n) is 7.16. The lowest BCUT2D eigenvalue weighted by Gasteiger charge is -2.28. The van der Waals surface area contributed by atoms with Crippen molar-refractivity contribution in [2.24, 2.45) is 0 Å². The van der Waals surface area contributed by atoms with Gasteiger partial charge in [0, 0.05) is 12.5 Å². The molecule has 0 radical (unpaired) electrons. The molecule has 0 aromatic heterocycles. The standard InChI is InChI=1S/C16H21F3N2O2/c1-10(20-11(2)22)14(23)21-15(3,4)9-12-5-7-13(8-6-12)16(17,18)19/h5-8,10H,9H2,1-4H3,(H,20,22)(H,21,23). The molecule has 0 fully saturated rings. The fourth-order valence-corrected chi connectivity index (χ4v) is 2.18. The highest BCUT2D eigenvalue weighted by Crippen LogP contribution is 2.29. The van der Waals surface area contributed by atoms with Crippen LogP contribution in [-0.2, 0) is 22.2 Å². The van der Waals surface area contributed by atoms with E-state index in [9.17, 15) is 22.8 Å². The van der Waals surface area contributed by atoms with Crippen LogP contribution in [0.5, 0.6) is 0 Å².